The Labute approximate surface area is 84.5 Å². The standard InChI is InChI=1S/C8H9IN2O/c9-8-6(10)3-11-4-7(8)12-5-1-2-5/h3-5H,1-2,10H2. The highest BCUT2D eigenvalue weighted by Gasteiger charge is 2.24. The zero-order chi connectivity index (χ0) is 8.55. The number of ether oxygens (including phenoxy) is 1. The maximum absolute atomic E-state index is 5.67. The molecular formula is C8H9IN2O. The number of hydrogen-bond donors (Lipinski definition) is 1. The molecule has 1 aromatic rings. The van der Waals surface area contributed by atoms with Crippen LogP contribution in [0.4, 0.5) is 5.69 Å². The van der Waals surface area contributed by atoms with E-state index in [4.69, 9.17) is 10.5 Å². The Hall–Kier alpha value is -0.520. The number of nitrogens with zero attached hydrogens (tertiary/aromatic N) is 1. The van der Waals surface area contributed by atoms with Crippen molar-refractivity contribution < 1.29 is 4.74 Å². The largest absolute Gasteiger partial charge is 0.488 e. The summed E-state index contributed by atoms with van der Waals surface area (Å²) in [6, 6.07) is 0. The van der Waals surface area contributed by atoms with Gasteiger partial charge in [-0.3, -0.25) is 4.98 Å². The van der Waals surface area contributed by atoms with Gasteiger partial charge in [-0.15, -0.1) is 0 Å². The molecule has 1 heterocycles. The van der Waals surface area contributed by atoms with Gasteiger partial charge in [0, 0.05) is 0 Å². The maximum atomic E-state index is 5.67. The van der Waals surface area contributed by atoms with Crippen LogP contribution in [0.25, 0.3) is 0 Å². The van der Waals surface area contributed by atoms with Crippen LogP contribution in [0.2, 0.25) is 0 Å². The van der Waals surface area contributed by atoms with Crippen molar-refractivity contribution in [2.75, 3.05) is 5.73 Å². The summed E-state index contributed by atoms with van der Waals surface area (Å²) in [5, 5.41) is 0. The van der Waals surface area contributed by atoms with Crippen LogP contribution in [0.1, 0.15) is 12.8 Å². The van der Waals surface area contributed by atoms with Crippen molar-refractivity contribution in [2.24, 2.45) is 0 Å². The number of halogens is 1. The maximum Gasteiger partial charge on any atom is 0.153 e. The lowest BCUT2D eigenvalue weighted by atomic mass is 10.4. The number of aromatic nitrogens is 1. The van der Waals surface area contributed by atoms with Crippen molar-refractivity contribution in [3.8, 4) is 5.75 Å². The highest BCUT2D eigenvalue weighted by atomic mass is 127. The Balaban J connectivity index is 2.23. The van der Waals surface area contributed by atoms with Gasteiger partial charge in [0.1, 0.15) is 0 Å². The number of nitrogen functional groups attached to an aromatic ring is 1. The Morgan fingerprint density at radius 3 is 2.92 bits per heavy atom. The SMILES string of the molecule is Nc1cncc(OC2CC2)c1I. The summed E-state index contributed by atoms with van der Waals surface area (Å²) in [5.41, 5.74) is 6.36. The Bertz CT molecular complexity index is 299. The third-order valence-corrected chi connectivity index (χ3v) is 2.85. The summed E-state index contributed by atoms with van der Waals surface area (Å²) < 4.78 is 6.55. The second-order valence-electron chi connectivity index (χ2n) is 2.86. The molecule has 0 saturated heterocycles. The molecule has 64 valence electrons. The van der Waals surface area contributed by atoms with Crippen LogP contribution < -0.4 is 10.5 Å². The van der Waals surface area contributed by atoms with E-state index in [0.717, 1.165) is 22.2 Å². The van der Waals surface area contributed by atoms with Gasteiger partial charge in [-0.1, -0.05) is 0 Å². The Morgan fingerprint density at radius 1 is 1.50 bits per heavy atom. The summed E-state index contributed by atoms with van der Waals surface area (Å²) in [4.78, 5) is 3.97. The van der Waals surface area contributed by atoms with Crippen molar-refractivity contribution >= 4 is 28.3 Å². The molecule has 1 saturated carbocycles. The quantitative estimate of drug-likeness (QED) is 0.838. The van der Waals surface area contributed by atoms with Crippen molar-refractivity contribution in [3.63, 3.8) is 0 Å². The molecule has 0 atom stereocenters. The average Bonchev–Trinajstić information content (AvgIpc) is 2.83. The first-order valence-electron chi connectivity index (χ1n) is 3.83. The minimum Gasteiger partial charge on any atom is -0.488 e. The minimum absolute atomic E-state index is 0.405. The molecule has 12 heavy (non-hydrogen) atoms. The van der Waals surface area contributed by atoms with Gasteiger partial charge in [-0.25, -0.2) is 0 Å². The van der Waals surface area contributed by atoms with Crippen LogP contribution in [0.15, 0.2) is 12.4 Å². The summed E-state index contributed by atoms with van der Waals surface area (Å²) in [7, 11) is 0. The molecule has 4 heteroatoms. The summed E-state index contributed by atoms with van der Waals surface area (Å²) in [6.45, 7) is 0. The van der Waals surface area contributed by atoms with Crippen LogP contribution in [-0.4, -0.2) is 11.1 Å². The lowest BCUT2D eigenvalue weighted by Crippen LogP contribution is -2.00. The molecule has 0 amide bonds. The van der Waals surface area contributed by atoms with Crippen LogP contribution in [0.5, 0.6) is 5.75 Å². The number of rotatable bonds is 2. The van der Waals surface area contributed by atoms with Crippen molar-refractivity contribution in [1.82, 2.24) is 4.98 Å². The molecule has 2 N–H and O–H groups in total. The normalized spacial score (nSPS) is 16.1. The summed E-state index contributed by atoms with van der Waals surface area (Å²) in [5.74, 6) is 0.818. The molecule has 3 nitrogen and oxygen atoms in total. The molecule has 0 radical (unpaired) electrons. The third kappa shape index (κ3) is 1.63. The van der Waals surface area contributed by atoms with E-state index in [2.05, 4.69) is 27.6 Å². The first-order chi connectivity index (χ1) is 5.77. The predicted molar refractivity (Wildman–Crippen MR) is 55.0 cm³/mol. The highest BCUT2D eigenvalue weighted by Crippen LogP contribution is 2.31. The fourth-order valence-electron chi connectivity index (χ4n) is 0.888. The van der Waals surface area contributed by atoms with E-state index in [1.807, 2.05) is 0 Å². The van der Waals surface area contributed by atoms with E-state index < -0.39 is 0 Å². The molecule has 0 spiro atoms. The zero-order valence-electron chi connectivity index (χ0n) is 6.46. The topological polar surface area (TPSA) is 48.1 Å². The lowest BCUT2D eigenvalue weighted by Gasteiger charge is -2.06. The highest BCUT2D eigenvalue weighted by molar-refractivity contribution is 14.1. The van der Waals surface area contributed by atoms with Gasteiger partial charge in [-0.05, 0) is 35.4 Å². The second-order valence-corrected chi connectivity index (χ2v) is 3.94. The first kappa shape index (κ1) is 8.10. The van der Waals surface area contributed by atoms with E-state index in [1.165, 1.54) is 0 Å². The molecular weight excluding hydrogens is 267 g/mol. The summed E-state index contributed by atoms with van der Waals surface area (Å²) >= 11 is 2.18. The van der Waals surface area contributed by atoms with Crippen molar-refractivity contribution in [3.05, 3.63) is 16.0 Å². The van der Waals surface area contributed by atoms with E-state index in [-0.39, 0.29) is 0 Å². The predicted octanol–water partition coefficient (Wildman–Crippen LogP) is 1.81. The van der Waals surface area contributed by atoms with Crippen LogP contribution in [-0.2, 0) is 0 Å². The molecule has 0 aliphatic heterocycles. The molecule has 1 aliphatic carbocycles. The monoisotopic (exact) mass is 276 g/mol. The number of anilines is 1. The molecule has 0 unspecified atom stereocenters. The zero-order valence-corrected chi connectivity index (χ0v) is 8.61. The van der Waals surface area contributed by atoms with Crippen molar-refractivity contribution in [1.29, 1.82) is 0 Å². The van der Waals surface area contributed by atoms with Gasteiger partial charge in [0.25, 0.3) is 0 Å². The van der Waals surface area contributed by atoms with Gasteiger partial charge < -0.3 is 10.5 Å². The molecule has 0 aromatic carbocycles. The molecule has 1 fully saturated rings. The minimum atomic E-state index is 0.405. The molecule has 1 aromatic heterocycles. The van der Waals surface area contributed by atoms with Crippen LogP contribution in [0.3, 0.4) is 0 Å². The number of nitrogens with two attached hydrogens (primary N) is 1. The fourth-order valence-corrected chi connectivity index (χ4v) is 1.29. The van der Waals surface area contributed by atoms with E-state index in [0.29, 0.717) is 11.8 Å². The fraction of sp³-hybridized carbons (Fsp3) is 0.375. The van der Waals surface area contributed by atoms with E-state index >= 15 is 0 Å². The lowest BCUT2D eigenvalue weighted by molar-refractivity contribution is 0.300. The molecule has 0 bridgehead atoms. The van der Waals surface area contributed by atoms with E-state index in [9.17, 15) is 0 Å². The molecule has 2 rings (SSSR count). The van der Waals surface area contributed by atoms with Gasteiger partial charge in [0.15, 0.2) is 5.75 Å². The van der Waals surface area contributed by atoms with E-state index in [1.54, 1.807) is 12.4 Å². The van der Waals surface area contributed by atoms with Gasteiger partial charge in [0.2, 0.25) is 0 Å². The first-order valence-corrected chi connectivity index (χ1v) is 4.91. The summed E-state index contributed by atoms with van der Waals surface area (Å²) in [6.07, 6.45) is 6.08. The Morgan fingerprint density at radius 2 is 2.25 bits per heavy atom. The van der Waals surface area contributed by atoms with Gasteiger partial charge >= 0.3 is 0 Å². The number of hydrogen-bond acceptors (Lipinski definition) is 3. The van der Waals surface area contributed by atoms with Crippen LogP contribution in [0, 0.1) is 3.57 Å². The Kier molecular flexibility index (Phi) is 2.08. The van der Waals surface area contributed by atoms with Gasteiger partial charge in [0.05, 0.1) is 27.8 Å². The molecule has 1 aliphatic rings. The van der Waals surface area contributed by atoms with Crippen molar-refractivity contribution in [2.45, 2.75) is 18.9 Å². The third-order valence-electron chi connectivity index (χ3n) is 1.69. The number of pyridine rings is 1. The average molecular weight is 276 g/mol. The second kappa shape index (κ2) is 3.08. The smallest absolute Gasteiger partial charge is 0.153 e. The van der Waals surface area contributed by atoms with Gasteiger partial charge in [-0.2, -0.15) is 0 Å². The van der Waals surface area contributed by atoms with Crippen LogP contribution >= 0.6 is 22.6 Å².